The second-order valence-electron chi connectivity index (χ2n) is 4.22. The minimum absolute atomic E-state index is 0.0385. The van der Waals surface area contributed by atoms with E-state index >= 15 is 0 Å². The van der Waals surface area contributed by atoms with Crippen LogP contribution in [0.3, 0.4) is 0 Å². The normalized spacial score (nSPS) is 10.1. The predicted molar refractivity (Wildman–Crippen MR) is 73.0 cm³/mol. The third-order valence-electron chi connectivity index (χ3n) is 2.67. The zero-order valence-electron chi connectivity index (χ0n) is 10.4. The summed E-state index contributed by atoms with van der Waals surface area (Å²) in [6.07, 6.45) is -0.0385. The number of ether oxygens (including phenoxy) is 1. The Balaban J connectivity index is 2.03. The summed E-state index contributed by atoms with van der Waals surface area (Å²) in [7, 11) is 0. The molecule has 0 amide bonds. The first-order chi connectivity index (χ1) is 9.15. The molecule has 3 N–H and O–H groups in total. The summed E-state index contributed by atoms with van der Waals surface area (Å²) in [6, 6.07) is 14.8. The lowest BCUT2D eigenvalue weighted by molar-refractivity contribution is -0.136. The molecule has 0 aromatic heterocycles. The molecule has 4 heteroatoms. The molecule has 0 aliphatic rings. The monoisotopic (exact) mass is 257 g/mol. The Morgan fingerprint density at radius 3 is 2.47 bits per heavy atom. The molecule has 0 aliphatic carbocycles. The summed E-state index contributed by atoms with van der Waals surface area (Å²) >= 11 is 0. The summed E-state index contributed by atoms with van der Waals surface area (Å²) in [6.45, 7) is 0.434. The molecule has 0 aliphatic heterocycles. The van der Waals surface area contributed by atoms with Gasteiger partial charge in [0, 0.05) is 0 Å². The average Bonchev–Trinajstić information content (AvgIpc) is 2.38. The van der Waals surface area contributed by atoms with Crippen LogP contribution >= 0.6 is 0 Å². The Hall–Kier alpha value is -2.49. The zero-order chi connectivity index (χ0) is 13.7. The molecule has 4 nitrogen and oxygen atoms in total. The van der Waals surface area contributed by atoms with Crippen LogP contribution < -0.4 is 10.5 Å². The first-order valence-electron chi connectivity index (χ1n) is 5.92. The van der Waals surface area contributed by atoms with E-state index < -0.39 is 5.97 Å². The van der Waals surface area contributed by atoms with Crippen LogP contribution in [0.4, 0.5) is 5.69 Å². The van der Waals surface area contributed by atoms with Crippen LogP contribution in [0.2, 0.25) is 0 Å². The largest absolute Gasteiger partial charge is 0.487 e. The van der Waals surface area contributed by atoms with Crippen molar-refractivity contribution in [3.63, 3.8) is 0 Å². The predicted octanol–water partition coefficient (Wildman–Crippen LogP) is 2.47. The molecule has 0 saturated heterocycles. The first-order valence-corrected chi connectivity index (χ1v) is 5.92. The fraction of sp³-hybridized carbons (Fsp3) is 0.133. The number of rotatable bonds is 5. The van der Waals surface area contributed by atoms with Gasteiger partial charge in [0.25, 0.3) is 0 Å². The molecule has 2 aromatic carbocycles. The second-order valence-corrected chi connectivity index (χ2v) is 4.22. The third kappa shape index (κ3) is 3.74. The van der Waals surface area contributed by atoms with Crippen LogP contribution in [-0.4, -0.2) is 11.1 Å². The molecule has 0 saturated carbocycles. The molecule has 0 atom stereocenters. The molecule has 0 heterocycles. The number of benzene rings is 2. The molecule has 0 spiro atoms. The molecule has 98 valence electrons. The average molecular weight is 257 g/mol. The van der Waals surface area contributed by atoms with E-state index in [9.17, 15) is 4.79 Å². The van der Waals surface area contributed by atoms with E-state index in [-0.39, 0.29) is 6.42 Å². The van der Waals surface area contributed by atoms with Gasteiger partial charge in [0.2, 0.25) is 0 Å². The van der Waals surface area contributed by atoms with Crippen LogP contribution in [-0.2, 0) is 17.8 Å². The highest BCUT2D eigenvalue weighted by molar-refractivity contribution is 5.71. The number of carboxylic acid groups (broad SMARTS) is 1. The van der Waals surface area contributed by atoms with E-state index in [1.54, 1.807) is 18.2 Å². The van der Waals surface area contributed by atoms with Crippen molar-refractivity contribution < 1.29 is 14.6 Å². The van der Waals surface area contributed by atoms with Gasteiger partial charge in [-0.25, -0.2) is 0 Å². The Kier molecular flexibility index (Phi) is 4.03. The number of aliphatic carboxylic acids is 1. The minimum atomic E-state index is -0.877. The molecule has 0 unspecified atom stereocenters. The van der Waals surface area contributed by atoms with Crippen molar-refractivity contribution in [3.8, 4) is 5.75 Å². The first kappa shape index (κ1) is 13.0. The van der Waals surface area contributed by atoms with Crippen LogP contribution in [0.5, 0.6) is 5.75 Å². The minimum Gasteiger partial charge on any atom is -0.487 e. The van der Waals surface area contributed by atoms with Gasteiger partial charge in [0.15, 0.2) is 0 Å². The van der Waals surface area contributed by atoms with Gasteiger partial charge >= 0.3 is 5.97 Å². The van der Waals surface area contributed by atoms with Gasteiger partial charge in [-0.05, 0) is 23.3 Å². The van der Waals surface area contributed by atoms with Crippen molar-refractivity contribution in [1.82, 2.24) is 0 Å². The summed E-state index contributed by atoms with van der Waals surface area (Å²) in [5.74, 6) is -0.310. The van der Waals surface area contributed by atoms with Gasteiger partial charge < -0.3 is 15.6 Å². The van der Waals surface area contributed by atoms with Crippen molar-refractivity contribution >= 4 is 11.7 Å². The summed E-state index contributed by atoms with van der Waals surface area (Å²) in [5, 5.41) is 8.71. The van der Waals surface area contributed by atoms with Crippen molar-refractivity contribution in [2.75, 3.05) is 5.73 Å². The lowest BCUT2D eigenvalue weighted by Gasteiger charge is -2.10. The molecule has 2 rings (SSSR count). The van der Waals surface area contributed by atoms with Crippen LogP contribution in [0.15, 0.2) is 48.5 Å². The van der Waals surface area contributed by atoms with Gasteiger partial charge in [-0.15, -0.1) is 0 Å². The maximum atomic E-state index is 10.6. The number of nitrogen functional groups attached to an aromatic ring is 1. The molecule has 2 aromatic rings. The Morgan fingerprint density at radius 2 is 1.84 bits per heavy atom. The van der Waals surface area contributed by atoms with Gasteiger partial charge in [0.05, 0.1) is 12.1 Å². The van der Waals surface area contributed by atoms with Gasteiger partial charge in [-0.3, -0.25) is 4.79 Å². The van der Waals surface area contributed by atoms with E-state index in [2.05, 4.69) is 0 Å². The fourth-order valence-corrected chi connectivity index (χ4v) is 1.75. The van der Waals surface area contributed by atoms with Gasteiger partial charge in [-0.1, -0.05) is 36.4 Å². The Morgan fingerprint density at radius 1 is 1.11 bits per heavy atom. The standard InChI is InChI=1S/C15H15NO3/c16-13-8-12(9-15(17)18)6-7-14(13)19-10-11-4-2-1-3-5-11/h1-8H,9-10,16H2,(H,17,18). The van der Waals surface area contributed by atoms with E-state index in [1.807, 2.05) is 30.3 Å². The maximum absolute atomic E-state index is 10.6. The molecule has 0 radical (unpaired) electrons. The summed E-state index contributed by atoms with van der Waals surface area (Å²) < 4.78 is 5.61. The molecular formula is C15H15NO3. The van der Waals surface area contributed by atoms with Crippen molar-refractivity contribution in [1.29, 1.82) is 0 Å². The van der Waals surface area contributed by atoms with E-state index in [4.69, 9.17) is 15.6 Å². The number of nitrogens with two attached hydrogens (primary N) is 1. The maximum Gasteiger partial charge on any atom is 0.307 e. The number of carboxylic acids is 1. The summed E-state index contributed by atoms with van der Waals surface area (Å²) in [5.41, 5.74) is 8.01. The number of hydrogen-bond acceptors (Lipinski definition) is 3. The summed E-state index contributed by atoms with van der Waals surface area (Å²) in [4.78, 5) is 10.6. The topological polar surface area (TPSA) is 72.6 Å². The number of carbonyl (C=O) groups is 1. The highest BCUT2D eigenvalue weighted by atomic mass is 16.5. The zero-order valence-corrected chi connectivity index (χ0v) is 10.4. The van der Waals surface area contributed by atoms with Crippen molar-refractivity contribution in [3.05, 3.63) is 59.7 Å². The van der Waals surface area contributed by atoms with Crippen molar-refractivity contribution in [2.45, 2.75) is 13.0 Å². The molecule has 0 bridgehead atoms. The molecular weight excluding hydrogens is 242 g/mol. The molecule has 19 heavy (non-hydrogen) atoms. The van der Waals surface area contributed by atoms with Gasteiger partial charge in [0.1, 0.15) is 12.4 Å². The quantitative estimate of drug-likeness (QED) is 0.807. The highest BCUT2D eigenvalue weighted by Crippen LogP contribution is 2.23. The smallest absolute Gasteiger partial charge is 0.307 e. The van der Waals surface area contributed by atoms with E-state index in [1.165, 1.54) is 0 Å². The van der Waals surface area contributed by atoms with Gasteiger partial charge in [-0.2, -0.15) is 0 Å². The SMILES string of the molecule is Nc1cc(CC(=O)O)ccc1OCc1ccccc1. The third-order valence-corrected chi connectivity index (χ3v) is 2.67. The number of hydrogen-bond donors (Lipinski definition) is 2. The second kappa shape index (κ2) is 5.91. The lowest BCUT2D eigenvalue weighted by atomic mass is 10.1. The molecule has 0 fully saturated rings. The Labute approximate surface area is 111 Å². The Bertz CT molecular complexity index is 567. The van der Waals surface area contributed by atoms with Crippen molar-refractivity contribution in [2.24, 2.45) is 0 Å². The van der Waals surface area contributed by atoms with E-state index in [0.29, 0.717) is 23.6 Å². The van der Waals surface area contributed by atoms with Crippen LogP contribution in [0, 0.1) is 0 Å². The van der Waals surface area contributed by atoms with Crippen LogP contribution in [0.25, 0.3) is 0 Å². The lowest BCUT2D eigenvalue weighted by Crippen LogP contribution is -2.03. The van der Waals surface area contributed by atoms with E-state index in [0.717, 1.165) is 5.56 Å². The fourth-order valence-electron chi connectivity index (χ4n) is 1.75. The number of anilines is 1. The highest BCUT2D eigenvalue weighted by Gasteiger charge is 2.05. The van der Waals surface area contributed by atoms with Crippen LogP contribution in [0.1, 0.15) is 11.1 Å².